The van der Waals surface area contributed by atoms with Crippen LogP contribution in [0.2, 0.25) is 0 Å². The Morgan fingerprint density at radius 3 is 2.62 bits per heavy atom. The van der Waals surface area contributed by atoms with Crippen LogP contribution in [-0.2, 0) is 15.6 Å². The Balaban J connectivity index is 2.29. The molecule has 0 aliphatic heterocycles. The van der Waals surface area contributed by atoms with Gasteiger partial charge in [0.2, 0.25) is 0 Å². The molecule has 2 N–H and O–H groups in total. The average Bonchev–Trinajstić information content (AvgIpc) is 2.57. The van der Waals surface area contributed by atoms with Gasteiger partial charge in [0.05, 0.1) is 16.3 Å². The summed E-state index contributed by atoms with van der Waals surface area (Å²) < 4.78 is 23.9. The van der Waals surface area contributed by atoms with E-state index >= 15 is 0 Å². The number of thioether (sulfide) groups is 1. The summed E-state index contributed by atoms with van der Waals surface area (Å²) in [6, 6.07) is 11.0. The maximum Gasteiger partial charge on any atom is 0.255 e. The smallest absolute Gasteiger partial charge is 0.255 e. The number of phenols is 1. The summed E-state index contributed by atoms with van der Waals surface area (Å²) in [5, 5.41) is 12.5. The van der Waals surface area contributed by atoms with Gasteiger partial charge in [-0.2, -0.15) is 11.8 Å². The molecule has 0 aliphatic carbocycles. The van der Waals surface area contributed by atoms with Crippen molar-refractivity contribution in [2.75, 3.05) is 17.3 Å². The molecule has 5 nitrogen and oxygen atoms in total. The minimum Gasteiger partial charge on any atom is -0.506 e. The zero-order chi connectivity index (χ0) is 17.7. The molecule has 1 amide bonds. The second-order valence-corrected chi connectivity index (χ2v) is 8.31. The number of carbonyl (C=O) groups excluding carboxylic acids is 1. The Kier molecular flexibility index (Phi) is 5.90. The molecule has 2 rings (SSSR count). The number of hydrogen-bond acceptors (Lipinski definition) is 5. The van der Waals surface area contributed by atoms with Gasteiger partial charge in [-0.15, -0.1) is 0 Å². The van der Waals surface area contributed by atoms with Crippen molar-refractivity contribution in [2.24, 2.45) is 0 Å². The van der Waals surface area contributed by atoms with Crippen molar-refractivity contribution in [3.05, 3.63) is 53.6 Å². The predicted octanol–water partition coefficient (Wildman–Crippen LogP) is 3.30. The lowest BCUT2D eigenvalue weighted by Gasteiger charge is -2.10. The van der Waals surface area contributed by atoms with Crippen molar-refractivity contribution >= 4 is 33.2 Å². The van der Waals surface area contributed by atoms with E-state index in [2.05, 4.69) is 5.32 Å². The van der Waals surface area contributed by atoms with E-state index in [0.29, 0.717) is 5.56 Å². The molecule has 0 spiro atoms. The summed E-state index contributed by atoms with van der Waals surface area (Å²) in [4.78, 5) is 12.4. The highest BCUT2D eigenvalue weighted by Crippen LogP contribution is 2.27. The van der Waals surface area contributed by atoms with Crippen LogP contribution in [0, 0.1) is 0 Å². The number of phenolic OH excluding ortho intramolecular Hbond substituents is 1. The van der Waals surface area contributed by atoms with Crippen LogP contribution in [0.5, 0.6) is 5.75 Å². The third kappa shape index (κ3) is 4.30. The Bertz CT molecular complexity index is 847. The van der Waals surface area contributed by atoms with Crippen LogP contribution in [0.4, 0.5) is 5.69 Å². The predicted molar refractivity (Wildman–Crippen MR) is 97.4 cm³/mol. The molecule has 0 saturated carbocycles. The normalized spacial score (nSPS) is 11.2. The summed E-state index contributed by atoms with van der Waals surface area (Å²) in [6.45, 7) is 1.54. The summed E-state index contributed by atoms with van der Waals surface area (Å²) in [6.07, 6.45) is 1.98. The van der Waals surface area contributed by atoms with Gasteiger partial charge in [0, 0.05) is 11.3 Å². The van der Waals surface area contributed by atoms with Crippen molar-refractivity contribution in [2.45, 2.75) is 17.6 Å². The minimum atomic E-state index is -3.42. The molecular formula is C17H19NO4S2. The second-order valence-electron chi connectivity index (χ2n) is 5.17. The first-order valence-corrected chi connectivity index (χ1v) is 10.4. The number of amides is 1. The zero-order valence-corrected chi connectivity index (χ0v) is 15.1. The molecule has 24 heavy (non-hydrogen) atoms. The number of rotatable bonds is 6. The number of carbonyl (C=O) groups is 1. The van der Waals surface area contributed by atoms with Crippen LogP contribution in [0.3, 0.4) is 0 Å². The number of nitrogens with one attached hydrogen (secondary N) is 1. The van der Waals surface area contributed by atoms with E-state index in [-0.39, 0.29) is 22.1 Å². The van der Waals surface area contributed by atoms with Crippen LogP contribution >= 0.6 is 11.8 Å². The van der Waals surface area contributed by atoms with Gasteiger partial charge in [0.1, 0.15) is 5.75 Å². The van der Waals surface area contributed by atoms with Gasteiger partial charge in [-0.1, -0.05) is 19.1 Å². The highest BCUT2D eigenvalue weighted by Gasteiger charge is 2.16. The standard InChI is InChI=1S/C17H19NO4S2/c1-3-24(21,22)14-7-8-16(19)15(10-14)18-17(20)13-6-4-5-12(9-13)11-23-2/h4-10,19H,3,11H2,1-2H3,(H,18,20). The van der Waals surface area contributed by atoms with Crippen LogP contribution in [0.15, 0.2) is 47.4 Å². The highest BCUT2D eigenvalue weighted by molar-refractivity contribution is 7.97. The molecule has 0 radical (unpaired) electrons. The molecule has 0 saturated heterocycles. The summed E-state index contributed by atoms with van der Waals surface area (Å²) in [7, 11) is -3.42. The topological polar surface area (TPSA) is 83.5 Å². The van der Waals surface area contributed by atoms with Gasteiger partial charge in [0.15, 0.2) is 9.84 Å². The number of anilines is 1. The number of sulfone groups is 1. The molecular weight excluding hydrogens is 346 g/mol. The minimum absolute atomic E-state index is 0.0537. The second kappa shape index (κ2) is 7.72. The Morgan fingerprint density at radius 2 is 1.96 bits per heavy atom. The van der Waals surface area contributed by atoms with Crippen LogP contribution in [0.1, 0.15) is 22.8 Å². The third-order valence-electron chi connectivity index (χ3n) is 3.46. The van der Waals surface area contributed by atoms with Gasteiger partial charge in [0.25, 0.3) is 5.91 Å². The summed E-state index contributed by atoms with van der Waals surface area (Å²) in [5.74, 6) is 0.149. The van der Waals surface area contributed by atoms with Gasteiger partial charge >= 0.3 is 0 Å². The van der Waals surface area contributed by atoms with Crippen LogP contribution in [-0.4, -0.2) is 31.4 Å². The maximum atomic E-state index is 12.4. The molecule has 0 bridgehead atoms. The van der Waals surface area contributed by atoms with E-state index in [1.54, 1.807) is 30.0 Å². The average molecular weight is 365 g/mol. The lowest BCUT2D eigenvalue weighted by molar-refractivity contribution is 0.102. The van der Waals surface area contributed by atoms with Crippen molar-refractivity contribution in [3.63, 3.8) is 0 Å². The maximum absolute atomic E-state index is 12.4. The molecule has 128 valence electrons. The highest BCUT2D eigenvalue weighted by atomic mass is 32.2. The monoisotopic (exact) mass is 365 g/mol. The van der Waals surface area contributed by atoms with Crippen molar-refractivity contribution < 1.29 is 18.3 Å². The third-order valence-corrected chi connectivity index (χ3v) is 5.81. The van der Waals surface area contributed by atoms with Crippen LogP contribution in [0.25, 0.3) is 0 Å². The number of aromatic hydroxyl groups is 1. The summed E-state index contributed by atoms with van der Waals surface area (Å²) in [5.41, 5.74) is 1.54. The van der Waals surface area contributed by atoms with Crippen molar-refractivity contribution in [1.29, 1.82) is 0 Å². The van der Waals surface area contributed by atoms with Gasteiger partial charge in [-0.05, 0) is 42.2 Å². The van der Waals surface area contributed by atoms with E-state index in [1.165, 1.54) is 25.1 Å². The largest absolute Gasteiger partial charge is 0.506 e. The Hall–Kier alpha value is -1.99. The lowest BCUT2D eigenvalue weighted by Crippen LogP contribution is -2.13. The molecule has 0 heterocycles. The molecule has 0 unspecified atom stereocenters. The number of hydrogen-bond donors (Lipinski definition) is 2. The van der Waals surface area contributed by atoms with Crippen molar-refractivity contribution in [1.82, 2.24) is 0 Å². The fourth-order valence-corrected chi connectivity index (χ4v) is 3.56. The molecule has 0 aliphatic rings. The number of benzene rings is 2. The molecule has 0 aromatic heterocycles. The lowest BCUT2D eigenvalue weighted by atomic mass is 10.1. The zero-order valence-electron chi connectivity index (χ0n) is 13.4. The SMILES string of the molecule is CCS(=O)(=O)c1ccc(O)c(NC(=O)c2cccc(CSC)c2)c1. The van der Waals surface area contributed by atoms with E-state index in [9.17, 15) is 18.3 Å². The van der Waals surface area contributed by atoms with E-state index in [0.717, 1.165) is 11.3 Å². The van der Waals surface area contributed by atoms with Crippen molar-refractivity contribution in [3.8, 4) is 5.75 Å². The van der Waals surface area contributed by atoms with Crippen LogP contribution < -0.4 is 5.32 Å². The first-order chi connectivity index (χ1) is 11.4. The first kappa shape index (κ1) is 18.4. The van der Waals surface area contributed by atoms with E-state index < -0.39 is 15.7 Å². The van der Waals surface area contributed by atoms with E-state index in [1.807, 2.05) is 12.3 Å². The fraction of sp³-hybridized carbons (Fsp3) is 0.235. The Labute approximate surface area is 146 Å². The Morgan fingerprint density at radius 1 is 1.21 bits per heavy atom. The molecule has 0 atom stereocenters. The molecule has 2 aromatic rings. The molecule has 7 heteroatoms. The fourth-order valence-electron chi connectivity index (χ4n) is 2.14. The van der Waals surface area contributed by atoms with E-state index in [4.69, 9.17) is 0 Å². The van der Waals surface area contributed by atoms with Gasteiger partial charge < -0.3 is 10.4 Å². The molecule has 2 aromatic carbocycles. The van der Waals surface area contributed by atoms with Gasteiger partial charge in [-0.25, -0.2) is 8.42 Å². The molecule has 0 fully saturated rings. The quantitative estimate of drug-likeness (QED) is 0.768. The summed E-state index contributed by atoms with van der Waals surface area (Å²) >= 11 is 1.65. The first-order valence-electron chi connectivity index (χ1n) is 7.32. The van der Waals surface area contributed by atoms with Gasteiger partial charge in [-0.3, -0.25) is 4.79 Å².